The summed E-state index contributed by atoms with van der Waals surface area (Å²) in [5, 5.41) is 11.0. The van der Waals surface area contributed by atoms with Crippen molar-refractivity contribution in [1.82, 2.24) is 15.5 Å². The number of hydrogen-bond donors (Lipinski definition) is 1. The highest BCUT2D eigenvalue weighted by molar-refractivity contribution is 9.10. The molecule has 0 radical (unpaired) electrons. The molecule has 7 heteroatoms. The SMILES string of the molecule is COCCNCc1cc(Br)ccc1OCc1nnc(C)o1. The molecule has 0 unspecified atom stereocenters. The van der Waals surface area contributed by atoms with E-state index in [2.05, 4.69) is 31.4 Å². The van der Waals surface area contributed by atoms with Crippen LogP contribution in [-0.2, 0) is 17.9 Å². The Balaban J connectivity index is 1.97. The van der Waals surface area contributed by atoms with Crippen molar-refractivity contribution in [3.05, 3.63) is 40.0 Å². The molecule has 1 N–H and O–H groups in total. The first-order valence-corrected chi connectivity index (χ1v) is 7.38. The van der Waals surface area contributed by atoms with Crippen molar-refractivity contribution in [3.63, 3.8) is 0 Å². The number of aryl methyl sites for hydroxylation is 1. The first-order chi connectivity index (χ1) is 10.2. The molecular weight excluding hydrogens is 338 g/mol. The van der Waals surface area contributed by atoms with E-state index in [-0.39, 0.29) is 6.61 Å². The molecule has 0 bridgehead atoms. The maximum Gasteiger partial charge on any atom is 0.253 e. The van der Waals surface area contributed by atoms with Gasteiger partial charge in [-0.1, -0.05) is 15.9 Å². The van der Waals surface area contributed by atoms with Crippen molar-refractivity contribution in [2.45, 2.75) is 20.1 Å². The Labute approximate surface area is 132 Å². The first kappa shape index (κ1) is 15.9. The largest absolute Gasteiger partial charge is 0.483 e. The third kappa shape index (κ3) is 5.11. The second kappa shape index (κ2) is 8.11. The average molecular weight is 356 g/mol. The van der Waals surface area contributed by atoms with Crippen molar-refractivity contribution >= 4 is 15.9 Å². The molecule has 2 rings (SSSR count). The lowest BCUT2D eigenvalue weighted by Crippen LogP contribution is -2.19. The Bertz CT molecular complexity index is 574. The Hall–Kier alpha value is -1.44. The molecule has 0 saturated carbocycles. The molecule has 1 heterocycles. The van der Waals surface area contributed by atoms with Crippen molar-refractivity contribution < 1.29 is 13.9 Å². The zero-order chi connectivity index (χ0) is 15.1. The van der Waals surface area contributed by atoms with Gasteiger partial charge in [0.1, 0.15) is 5.75 Å². The van der Waals surface area contributed by atoms with Crippen LogP contribution in [0.3, 0.4) is 0 Å². The van der Waals surface area contributed by atoms with E-state index in [1.807, 2.05) is 18.2 Å². The first-order valence-electron chi connectivity index (χ1n) is 6.59. The molecule has 0 amide bonds. The molecule has 2 aromatic rings. The normalized spacial score (nSPS) is 10.8. The van der Waals surface area contributed by atoms with Gasteiger partial charge in [-0.3, -0.25) is 0 Å². The van der Waals surface area contributed by atoms with Crippen molar-refractivity contribution in [2.75, 3.05) is 20.3 Å². The second-order valence-electron chi connectivity index (χ2n) is 4.43. The molecule has 0 spiro atoms. The third-order valence-corrected chi connectivity index (χ3v) is 3.23. The fourth-order valence-corrected chi connectivity index (χ4v) is 2.17. The van der Waals surface area contributed by atoms with E-state index in [0.29, 0.717) is 24.9 Å². The van der Waals surface area contributed by atoms with Crippen molar-refractivity contribution in [3.8, 4) is 5.75 Å². The number of methoxy groups -OCH3 is 1. The molecule has 0 saturated heterocycles. The van der Waals surface area contributed by atoms with Gasteiger partial charge in [0.25, 0.3) is 5.89 Å². The van der Waals surface area contributed by atoms with Gasteiger partial charge in [-0.05, 0) is 18.2 Å². The van der Waals surface area contributed by atoms with E-state index < -0.39 is 0 Å². The fourth-order valence-electron chi connectivity index (χ4n) is 1.76. The van der Waals surface area contributed by atoms with E-state index in [0.717, 1.165) is 22.3 Å². The standard InChI is InChI=1S/C14H18BrN3O3/c1-10-17-18-14(21-10)9-20-13-4-3-12(15)7-11(13)8-16-5-6-19-2/h3-4,7,16H,5-6,8-9H2,1-2H3. The highest BCUT2D eigenvalue weighted by Gasteiger charge is 2.08. The Morgan fingerprint density at radius 2 is 2.19 bits per heavy atom. The summed E-state index contributed by atoms with van der Waals surface area (Å²) < 4.78 is 17.1. The Morgan fingerprint density at radius 3 is 2.90 bits per heavy atom. The summed E-state index contributed by atoms with van der Waals surface area (Å²) in [5.74, 6) is 1.79. The van der Waals surface area contributed by atoms with Gasteiger partial charge in [0.15, 0.2) is 6.61 Å². The lowest BCUT2D eigenvalue weighted by Gasteiger charge is -2.11. The highest BCUT2D eigenvalue weighted by atomic mass is 79.9. The number of hydrogen-bond acceptors (Lipinski definition) is 6. The predicted molar refractivity (Wildman–Crippen MR) is 81.1 cm³/mol. The smallest absolute Gasteiger partial charge is 0.253 e. The molecule has 0 fully saturated rings. The number of nitrogens with one attached hydrogen (secondary N) is 1. The second-order valence-corrected chi connectivity index (χ2v) is 5.34. The number of aromatic nitrogens is 2. The zero-order valence-corrected chi connectivity index (χ0v) is 13.6. The number of nitrogens with zero attached hydrogens (tertiary/aromatic N) is 2. The highest BCUT2D eigenvalue weighted by Crippen LogP contribution is 2.24. The van der Waals surface area contributed by atoms with E-state index in [9.17, 15) is 0 Å². The molecule has 0 aliphatic carbocycles. The van der Waals surface area contributed by atoms with E-state index in [1.54, 1.807) is 14.0 Å². The van der Waals surface area contributed by atoms with Gasteiger partial charge in [0.2, 0.25) is 5.89 Å². The fraction of sp³-hybridized carbons (Fsp3) is 0.429. The van der Waals surface area contributed by atoms with Gasteiger partial charge in [0.05, 0.1) is 6.61 Å². The van der Waals surface area contributed by atoms with Gasteiger partial charge in [-0.25, -0.2) is 0 Å². The van der Waals surface area contributed by atoms with Crippen LogP contribution in [-0.4, -0.2) is 30.5 Å². The van der Waals surface area contributed by atoms with Crippen LogP contribution in [0, 0.1) is 6.92 Å². The maximum atomic E-state index is 5.76. The van der Waals surface area contributed by atoms with Crippen LogP contribution in [0.1, 0.15) is 17.3 Å². The minimum atomic E-state index is 0.257. The Kier molecular flexibility index (Phi) is 6.16. The number of benzene rings is 1. The molecule has 1 aromatic carbocycles. The van der Waals surface area contributed by atoms with Crippen LogP contribution in [0.25, 0.3) is 0 Å². The van der Waals surface area contributed by atoms with Crippen LogP contribution < -0.4 is 10.1 Å². The van der Waals surface area contributed by atoms with Crippen LogP contribution in [0.15, 0.2) is 27.1 Å². The Morgan fingerprint density at radius 1 is 1.33 bits per heavy atom. The zero-order valence-electron chi connectivity index (χ0n) is 12.1. The predicted octanol–water partition coefficient (Wildman–Crippen LogP) is 2.46. The summed E-state index contributed by atoms with van der Waals surface area (Å²) >= 11 is 3.47. The third-order valence-electron chi connectivity index (χ3n) is 2.74. The summed E-state index contributed by atoms with van der Waals surface area (Å²) in [7, 11) is 1.68. The lowest BCUT2D eigenvalue weighted by atomic mass is 10.2. The van der Waals surface area contributed by atoms with Crippen LogP contribution in [0.2, 0.25) is 0 Å². The van der Waals surface area contributed by atoms with Crippen molar-refractivity contribution in [1.29, 1.82) is 0 Å². The van der Waals surface area contributed by atoms with E-state index in [1.165, 1.54) is 0 Å². The minimum Gasteiger partial charge on any atom is -0.483 e. The summed E-state index contributed by atoms with van der Waals surface area (Å²) in [6.45, 7) is 4.16. The number of rotatable bonds is 8. The number of halogens is 1. The maximum absolute atomic E-state index is 5.76. The van der Waals surface area contributed by atoms with Gasteiger partial charge in [0, 0.05) is 37.2 Å². The molecule has 6 nitrogen and oxygen atoms in total. The van der Waals surface area contributed by atoms with Gasteiger partial charge < -0.3 is 19.2 Å². The van der Waals surface area contributed by atoms with Crippen LogP contribution >= 0.6 is 15.9 Å². The van der Waals surface area contributed by atoms with E-state index in [4.69, 9.17) is 13.9 Å². The van der Waals surface area contributed by atoms with Gasteiger partial charge in [-0.15, -0.1) is 10.2 Å². The molecule has 114 valence electrons. The molecular formula is C14H18BrN3O3. The molecule has 21 heavy (non-hydrogen) atoms. The summed E-state index contributed by atoms with van der Waals surface area (Å²) in [4.78, 5) is 0. The molecule has 0 aliphatic rings. The summed E-state index contributed by atoms with van der Waals surface area (Å²) in [5.41, 5.74) is 1.05. The molecule has 1 aromatic heterocycles. The lowest BCUT2D eigenvalue weighted by molar-refractivity contribution is 0.199. The molecule has 0 aliphatic heterocycles. The van der Waals surface area contributed by atoms with E-state index >= 15 is 0 Å². The summed E-state index contributed by atoms with van der Waals surface area (Å²) in [6.07, 6.45) is 0. The van der Waals surface area contributed by atoms with Gasteiger partial charge in [-0.2, -0.15) is 0 Å². The number of ether oxygens (including phenoxy) is 2. The minimum absolute atomic E-state index is 0.257. The average Bonchev–Trinajstić information content (AvgIpc) is 2.88. The van der Waals surface area contributed by atoms with Crippen LogP contribution in [0.5, 0.6) is 5.75 Å². The van der Waals surface area contributed by atoms with Crippen LogP contribution in [0.4, 0.5) is 0 Å². The topological polar surface area (TPSA) is 69.4 Å². The molecule has 0 atom stereocenters. The monoisotopic (exact) mass is 355 g/mol. The quantitative estimate of drug-likeness (QED) is 0.733. The van der Waals surface area contributed by atoms with Crippen molar-refractivity contribution in [2.24, 2.45) is 0 Å². The summed E-state index contributed by atoms with van der Waals surface area (Å²) in [6, 6.07) is 5.88. The van der Waals surface area contributed by atoms with Gasteiger partial charge >= 0.3 is 0 Å².